The van der Waals surface area contributed by atoms with Gasteiger partial charge in [-0.2, -0.15) is 0 Å². The van der Waals surface area contributed by atoms with Gasteiger partial charge in [0.15, 0.2) is 0 Å². The first-order chi connectivity index (χ1) is 8.13. The molecule has 2 rings (SSSR count). The van der Waals surface area contributed by atoms with Gasteiger partial charge in [-0.05, 0) is 42.4 Å². The average molecular weight is 237 g/mol. The van der Waals surface area contributed by atoms with Crippen molar-refractivity contribution in [3.63, 3.8) is 0 Å². The Morgan fingerprint density at radius 2 is 2.12 bits per heavy atom. The summed E-state index contributed by atoms with van der Waals surface area (Å²) in [7, 11) is 0. The van der Waals surface area contributed by atoms with Gasteiger partial charge in [0.25, 0.3) is 0 Å². The van der Waals surface area contributed by atoms with Crippen LogP contribution in [0.25, 0.3) is 0 Å². The minimum absolute atomic E-state index is 0.00403. The predicted octanol–water partition coefficient (Wildman–Crippen LogP) is 3.20. The van der Waals surface area contributed by atoms with E-state index >= 15 is 0 Å². The normalized spacial score (nSPS) is 17.8. The molecule has 0 amide bonds. The minimum atomic E-state index is -0.379. The molecule has 0 bridgehead atoms. The summed E-state index contributed by atoms with van der Waals surface area (Å²) in [4.78, 5) is 0. The van der Waals surface area contributed by atoms with Crippen LogP contribution in [0.5, 0.6) is 5.75 Å². The highest BCUT2D eigenvalue weighted by Crippen LogP contribution is 2.43. The lowest BCUT2D eigenvalue weighted by molar-refractivity contribution is 0.124. The largest absolute Gasteiger partial charge is 0.508 e. The predicted molar refractivity (Wildman–Crippen MR) is 66.3 cm³/mol. The maximum absolute atomic E-state index is 13.0. The SMILES string of the molecule is CCC1(CNCc2cc(O)cc(F)c2)CCC1. The van der Waals surface area contributed by atoms with Crippen molar-refractivity contribution in [2.75, 3.05) is 6.54 Å². The lowest BCUT2D eigenvalue weighted by Gasteiger charge is -2.41. The van der Waals surface area contributed by atoms with Crippen molar-refractivity contribution in [1.82, 2.24) is 5.32 Å². The van der Waals surface area contributed by atoms with E-state index in [2.05, 4.69) is 12.2 Å². The quantitative estimate of drug-likeness (QED) is 0.824. The van der Waals surface area contributed by atoms with Crippen LogP contribution in [-0.4, -0.2) is 11.7 Å². The number of nitrogens with one attached hydrogen (secondary N) is 1. The first kappa shape index (κ1) is 12.4. The highest BCUT2D eigenvalue weighted by atomic mass is 19.1. The van der Waals surface area contributed by atoms with E-state index in [1.165, 1.54) is 31.7 Å². The lowest BCUT2D eigenvalue weighted by Crippen LogP contribution is -2.39. The van der Waals surface area contributed by atoms with Crippen LogP contribution >= 0.6 is 0 Å². The second kappa shape index (κ2) is 5.05. The van der Waals surface area contributed by atoms with Crippen LogP contribution in [-0.2, 0) is 6.54 Å². The van der Waals surface area contributed by atoms with Gasteiger partial charge in [-0.1, -0.05) is 13.3 Å². The monoisotopic (exact) mass is 237 g/mol. The summed E-state index contributed by atoms with van der Waals surface area (Å²) >= 11 is 0. The summed E-state index contributed by atoms with van der Waals surface area (Å²) < 4.78 is 13.0. The summed E-state index contributed by atoms with van der Waals surface area (Å²) in [5.74, 6) is -0.383. The molecule has 1 aromatic rings. The highest BCUT2D eigenvalue weighted by Gasteiger charge is 2.34. The van der Waals surface area contributed by atoms with Gasteiger partial charge in [0, 0.05) is 19.2 Å². The Kier molecular flexibility index (Phi) is 3.67. The number of halogens is 1. The van der Waals surface area contributed by atoms with Crippen molar-refractivity contribution >= 4 is 0 Å². The third-order valence-corrected chi connectivity index (χ3v) is 3.94. The zero-order chi connectivity index (χ0) is 12.3. The molecule has 0 unspecified atom stereocenters. The van der Waals surface area contributed by atoms with Gasteiger partial charge >= 0.3 is 0 Å². The Hall–Kier alpha value is -1.09. The summed E-state index contributed by atoms with van der Waals surface area (Å²) in [5, 5.41) is 12.7. The molecule has 1 saturated carbocycles. The van der Waals surface area contributed by atoms with Crippen molar-refractivity contribution in [1.29, 1.82) is 0 Å². The van der Waals surface area contributed by atoms with Crippen LogP contribution in [0, 0.1) is 11.2 Å². The van der Waals surface area contributed by atoms with Crippen LogP contribution < -0.4 is 5.32 Å². The first-order valence-electron chi connectivity index (χ1n) is 6.33. The number of hydrogen-bond donors (Lipinski definition) is 2. The number of hydrogen-bond acceptors (Lipinski definition) is 2. The molecule has 1 aliphatic rings. The highest BCUT2D eigenvalue weighted by molar-refractivity contribution is 5.28. The number of rotatable bonds is 5. The molecule has 0 aliphatic heterocycles. The molecule has 0 aromatic heterocycles. The van der Waals surface area contributed by atoms with Crippen LogP contribution in [0.15, 0.2) is 18.2 Å². The number of phenolic OH excluding ortho intramolecular Hbond substituents is 1. The van der Waals surface area contributed by atoms with Gasteiger partial charge in [0.05, 0.1) is 0 Å². The van der Waals surface area contributed by atoms with Gasteiger partial charge in [-0.3, -0.25) is 0 Å². The van der Waals surface area contributed by atoms with Crippen LogP contribution in [0.1, 0.15) is 38.2 Å². The van der Waals surface area contributed by atoms with Crippen molar-refractivity contribution < 1.29 is 9.50 Å². The summed E-state index contributed by atoms with van der Waals surface area (Å²) in [6, 6.07) is 4.20. The third-order valence-electron chi connectivity index (χ3n) is 3.94. The molecule has 0 saturated heterocycles. The molecule has 1 fully saturated rings. The van der Waals surface area contributed by atoms with Gasteiger partial charge in [-0.25, -0.2) is 4.39 Å². The van der Waals surface area contributed by atoms with E-state index < -0.39 is 0 Å². The van der Waals surface area contributed by atoms with Gasteiger partial charge in [0.2, 0.25) is 0 Å². The smallest absolute Gasteiger partial charge is 0.127 e. The van der Waals surface area contributed by atoms with Crippen molar-refractivity contribution in [3.05, 3.63) is 29.6 Å². The summed E-state index contributed by atoms with van der Waals surface area (Å²) in [6.07, 6.45) is 5.13. The Labute approximate surface area is 102 Å². The Balaban J connectivity index is 1.85. The Morgan fingerprint density at radius 3 is 2.65 bits per heavy atom. The second-order valence-corrected chi connectivity index (χ2v) is 5.13. The van der Waals surface area contributed by atoms with Crippen molar-refractivity contribution in [2.45, 2.75) is 39.2 Å². The van der Waals surface area contributed by atoms with Crippen molar-refractivity contribution in [3.8, 4) is 5.75 Å². The lowest BCUT2D eigenvalue weighted by atomic mass is 9.67. The molecule has 1 aliphatic carbocycles. The van der Waals surface area contributed by atoms with Crippen molar-refractivity contribution in [2.24, 2.45) is 5.41 Å². The van der Waals surface area contributed by atoms with E-state index in [1.54, 1.807) is 6.07 Å². The van der Waals surface area contributed by atoms with E-state index in [0.717, 1.165) is 18.2 Å². The van der Waals surface area contributed by atoms with E-state index in [4.69, 9.17) is 0 Å². The topological polar surface area (TPSA) is 32.3 Å². The molecular formula is C14H20FNO. The molecular weight excluding hydrogens is 217 g/mol. The fourth-order valence-electron chi connectivity index (χ4n) is 2.54. The molecule has 3 heteroatoms. The fourth-order valence-corrected chi connectivity index (χ4v) is 2.54. The number of phenols is 1. The second-order valence-electron chi connectivity index (χ2n) is 5.13. The van der Waals surface area contributed by atoms with Gasteiger partial charge < -0.3 is 10.4 Å². The molecule has 0 atom stereocenters. The minimum Gasteiger partial charge on any atom is -0.508 e. The fraction of sp³-hybridized carbons (Fsp3) is 0.571. The maximum atomic E-state index is 13.0. The van der Waals surface area contributed by atoms with E-state index in [9.17, 15) is 9.50 Å². The zero-order valence-electron chi connectivity index (χ0n) is 10.3. The third kappa shape index (κ3) is 2.97. The maximum Gasteiger partial charge on any atom is 0.127 e. The molecule has 94 valence electrons. The molecule has 1 aromatic carbocycles. The number of aromatic hydroxyl groups is 1. The Bertz CT molecular complexity index is 362. The molecule has 0 spiro atoms. The first-order valence-corrected chi connectivity index (χ1v) is 6.33. The standard InChI is InChI=1S/C14H20FNO/c1-2-14(4-3-5-14)10-16-9-11-6-12(15)8-13(17)7-11/h6-8,16-17H,2-5,9-10H2,1H3. The zero-order valence-corrected chi connectivity index (χ0v) is 10.3. The van der Waals surface area contributed by atoms with Gasteiger partial charge in [-0.15, -0.1) is 0 Å². The van der Waals surface area contributed by atoms with Crippen LogP contribution in [0.4, 0.5) is 4.39 Å². The van der Waals surface area contributed by atoms with E-state index in [-0.39, 0.29) is 11.6 Å². The molecule has 17 heavy (non-hydrogen) atoms. The summed E-state index contributed by atoms with van der Waals surface area (Å²) in [5.41, 5.74) is 1.27. The molecule has 0 heterocycles. The van der Waals surface area contributed by atoms with E-state index in [1.807, 2.05) is 0 Å². The number of benzene rings is 1. The average Bonchev–Trinajstić information content (AvgIpc) is 2.20. The van der Waals surface area contributed by atoms with Crippen LogP contribution in [0.3, 0.4) is 0 Å². The molecule has 0 radical (unpaired) electrons. The summed E-state index contributed by atoms with van der Waals surface area (Å²) in [6.45, 7) is 3.84. The molecule has 2 nitrogen and oxygen atoms in total. The Morgan fingerprint density at radius 1 is 1.35 bits per heavy atom. The van der Waals surface area contributed by atoms with E-state index in [0.29, 0.717) is 12.0 Å². The molecule has 2 N–H and O–H groups in total. The van der Waals surface area contributed by atoms with Crippen LogP contribution in [0.2, 0.25) is 0 Å². The van der Waals surface area contributed by atoms with Gasteiger partial charge in [0.1, 0.15) is 11.6 Å².